The summed E-state index contributed by atoms with van der Waals surface area (Å²) in [4.78, 5) is 27.4. The first kappa shape index (κ1) is 22.0. The van der Waals surface area contributed by atoms with Gasteiger partial charge in [0.15, 0.2) is 5.13 Å². The third kappa shape index (κ3) is 4.61. The highest BCUT2D eigenvalue weighted by molar-refractivity contribution is 7.14. The number of primary amides is 1. The molecule has 0 aliphatic carbocycles. The van der Waals surface area contributed by atoms with Gasteiger partial charge in [-0.3, -0.25) is 14.8 Å². The number of carbonyl (C=O) groups excluding carboxylic acids is 1. The van der Waals surface area contributed by atoms with Crippen molar-refractivity contribution in [3.8, 4) is 11.3 Å². The van der Waals surface area contributed by atoms with E-state index >= 15 is 0 Å². The fourth-order valence-electron chi connectivity index (χ4n) is 3.97. The molecule has 3 aromatic heterocycles. The summed E-state index contributed by atoms with van der Waals surface area (Å²) in [6.07, 6.45) is 4.88. The molecule has 1 fully saturated rings. The smallest absolute Gasteiger partial charge is 0.250 e. The fraction of sp³-hybridized carbons (Fsp3) is 0.200. The number of carbonyl (C=O) groups is 1. The molecule has 3 N–H and O–H groups in total. The number of ether oxygens (including phenoxy) is 1. The average Bonchev–Trinajstić information content (AvgIpc) is 3.34. The molecule has 0 spiro atoms. The number of anilines is 3. The Morgan fingerprint density at radius 1 is 1.24 bits per heavy atom. The van der Waals surface area contributed by atoms with Gasteiger partial charge in [-0.25, -0.2) is 4.98 Å². The molecule has 0 radical (unpaired) electrons. The van der Waals surface area contributed by atoms with Crippen LogP contribution in [0.15, 0.2) is 66.4 Å². The van der Waals surface area contributed by atoms with Gasteiger partial charge in [-0.05, 0) is 48.9 Å². The van der Waals surface area contributed by atoms with Gasteiger partial charge in [-0.2, -0.15) is 0 Å². The highest BCUT2D eigenvalue weighted by Crippen LogP contribution is 2.32. The van der Waals surface area contributed by atoms with Gasteiger partial charge in [0.1, 0.15) is 6.10 Å². The number of pyridine rings is 2. The molecule has 4 heterocycles. The number of nitrogens with two attached hydrogens (primary N) is 1. The number of hydrogen-bond acceptors (Lipinski definition) is 8. The summed E-state index contributed by atoms with van der Waals surface area (Å²) in [7, 11) is 0. The molecular formula is C25H24N6O2S. The second-order valence-corrected chi connectivity index (χ2v) is 8.87. The second kappa shape index (κ2) is 9.58. The standard InChI is InChI=1S/C25H24N6O2S/c1-16-6-7-18(12-20(16)29-25-30-21(15-34-25)17-4-2-8-27-13-17)31-10-11-33-22(14-31)23-19(24(26)32)5-3-9-28-23/h2-9,12-13,15,22H,10-11,14H2,1H3,(H2,26,32)(H,29,30). The molecule has 34 heavy (non-hydrogen) atoms. The zero-order chi connectivity index (χ0) is 23.5. The highest BCUT2D eigenvalue weighted by Gasteiger charge is 2.27. The lowest BCUT2D eigenvalue weighted by Gasteiger charge is -2.35. The molecule has 1 aliphatic heterocycles. The molecule has 172 valence electrons. The van der Waals surface area contributed by atoms with Crippen LogP contribution >= 0.6 is 11.3 Å². The summed E-state index contributed by atoms with van der Waals surface area (Å²) in [6.45, 7) is 3.90. The topological polar surface area (TPSA) is 106 Å². The molecule has 1 unspecified atom stereocenters. The van der Waals surface area contributed by atoms with Crippen LogP contribution in [0.25, 0.3) is 11.3 Å². The maximum absolute atomic E-state index is 11.9. The zero-order valence-electron chi connectivity index (χ0n) is 18.6. The second-order valence-electron chi connectivity index (χ2n) is 8.01. The quantitative estimate of drug-likeness (QED) is 0.430. The van der Waals surface area contributed by atoms with Crippen molar-refractivity contribution in [3.05, 3.63) is 83.3 Å². The fourth-order valence-corrected chi connectivity index (χ4v) is 4.70. The van der Waals surface area contributed by atoms with Crippen molar-refractivity contribution in [1.82, 2.24) is 15.0 Å². The zero-order valence-corrected chi connectivity index (χ0v) is 19.5. The van der Waals surface area contributed by atoms with Crippen molar-refractivity contribution in [2.75, 3.05) is 29.9 Å². The van der Waals surface area contributed by atoms with Crippen molar-refractivity contribution in [3.63, 3.8) is 0 Å². The SMILES string of the molecule is Cc1ccc(N2CCOC(c3ncccc3C(N)=O)C2)cc1Nc1nc(-c2cccnc2)cs1. The van der Waals surface area contributed by atoms with Crippen LogP contribution in [0.3, 0.4) is 0 Å². The number of morpholine rings is 1. The predicted molar refractivity (Wildman–Crippen MR) is 133 cm³/mol. The van der Waals surface area contributed by atoms with Gasteiger partial charge in [0, 0.05) is 54.0 Å². The first-order valence-corrected chi connectivity index (χ1v) is 11.8. The van der Waals surface area contributed by atoms with Crippen LogP contribution in [-0.4, -0.2) is 40.6 Å². The van der Waals surface area contributed by atoms with Crippen molar-refractivity contribution in [2.24, 2.45) is 5.73 Å². The van der Waals surface area contributed by atoms with Gasteiger partial charge >= 0.3 is 0 Å². The molecule has 1 aliphatic rings. The van der Waals surface area contributed by atoms with Gasteiger partial charge in [0.2, 0.25) is 0 Å². The average molecular weight is 473 g/mol. The molecule has 0 saturated carbocycles. The third-order valence-electron chi connectivity index (χ3n) is 5.76. The molecule has 1 amide bonds. The van der Waals surface area contributed by atoms with Crippen LogP contribution in [0.2, 0.25) is 0 Å². The first-order chi connectivity index (χ1) is 16.6. The molecule has 0 bridgehead atoms. The number of thiazole rings is 1. The van der Waals surface area contributed by atoms with Crippen LogP contribution in [0.4, 0.5) is 16.5 Å². The summed E-state index contributed by atoms with van der Waals surface area (Å²) in [5.41, 5.74) is 11.6. The van der Waals surface area contributed by atoms with Crippen LogP contribution in [0.1, 0.15) is 27.7 Å². The Kier molecular flexibility index (Phi) is 6.20. The Bertz CT molecular complexity index is 1310. The lowest BCUT2D eigenvalue weighted by Crippen LogP contribution is -2.39. The van der Waals surface area contributed by atoms with Gasteiger partial charge in [0.25, 0.3) is 5.91 Å². The number of rotatable bonds is 6. The molecule has 5 rings (SSSR count). The molecule has 8 nitrogen and oxygen atoms in total. The van der Waals surface area contributed by atoms with Crippen LogP contribution in [-0.2, 0) is 4.74 Å². The Morgan fingerprint density at radius 3 is 2.94 bits per heavy atom. The number of benzene rings is 1. The number of hydrogen-bond donors (Lipinski definition) is 2. The number of amides is 1. The van der Waals surface area contributed by atoms with Gasteiger partial charge < -0.3 is 20.7 Å². The van der Waals surface area contributed by atoms with Crippen molar-refractivity contribution in [2.45, 2.75) is 13.0 Å². The third-order valence-corrected chi connectivity index (χ3v) is 6.52. The van der Waals surface area contributed by atoms with E-state index in [9.17, 15) is 4.79 Å². The monoisotopic (exact) mass is 472 g/mol. The van der Waals surface area contributed by atoms with Crippen molar-refractivity contribution in [1.29, 1.82) is 0 Å². The van der Waals surface area contributed by atoms with E-state index in [2.05, 4.69) is 45.3 Å². The Hall–Kier alpha value is -3.82. The van der Waals surface area contributed by atoms with Crippen LogP contribution < -0.4 is 16.0 Å². The van der Waals surface area contributed by atoms with E-state index in [1.54, 1.807) is 35.9 Å². The summed E-state index contributed by atoms with van der Waals surface area (Å²) in [5.74, 6) is -0.500. The number of aryl methyl sites for hydroxylation is 1. The molecule has 1 aromatic carbocycles. The minimum absolute atomic E-state index is 0.337. The van der Waals surface area contributed by atoms with Crippen LogP contribution in [0, 0.1) is 6.92 Å². The highest BCUT2D eigenvalue weighted by atomic mass is 32.1. The van der Waals surface area contributed by atoms with Gasteiger partial charge in [0.05, 0.1) is 23.6 Å². The van der Waals surface area contributed by atoms with Crippen molar-refractivity contribution >= 4 is 33.8 Å². The number of nitrogens with zero attached hydrogens (tertiary/aromatic N) is 4. The predicted octanol–water partition coefficient (Wildman–Crippen LogP) is 4.33. The molecular weight excluding hydrogens is 448 g/mol. The number of nitrogens with one attached hydrogen (secondary N) is 1. The number of aromatic nitrogens is 3. The molecule has 1 saturated heterocycles. The summed E-state index contributed by atoms with van der Waals surface area (Å²) in [6, 6.07) is 13.6. The Balaban J connectivity index is 1.36. The van der Waals surface area contributed by atoms with E-state index in [-0.39, 0.29) is 6.10 Å². The van der Waals surface area contributed by atoms with E-state index in [4.69, 9.17) is 15.5 Å². The normalized spacial score (nSPS) is 15.8. The first-order valence-electron chi connectivity index (χ1n) is 10.9. The summed E-state index contributed by atoms with van der Waals surface area (Å²) >= 11 is 1.56. The molecule has 1 atom stereocenters. The van der Waals surface area contributed by atoms with E-state index in [1.165, 1.54) is 0 Å². The molecule has 4 aromatic rings. The van der Waals surface area contributed by atoms with E-state index in [1.807, 2.05) is 23.7 Å². The Morgan fingerprint density at radius 2 is 2.12 bits per heavy atom. The maximum Gasteiger partial charge on any atom is 0.250 e. The molecule has 9 heteroatoms. The lowest BCUT2D eigenvalue weighted by molar-refractivity contribution is 0.0363. The van der Waals surface area contributed by atoms with Crippen LogP contribution in [0.5, 0.6) is 0 Å². The summed E-state index contributed by atoms with van der Waals surface area (Å²) < 4.78 is 5.96. The van der Waals surface area contributed by atoms with Gasteiger partial charge in [-0.1, -0.05) is 6.07 Å². The van der Waals surface area contributed by atoms with E-state index in [0.717, 1.165) is 39.9 Å². The van der Waals surface area contributed by atoms with E-state index < -0.39 is 5.91 Å². The Labute approximate surface area is 201 Å². The van der Waals surface area contributed by atoms with E-state index in [0.29, 0.717) is 24.4 Å². The van der Waals surface area contributed by atoms with Gasteiger partial charge in [-0.15, -0.1) is 11.3 Å². The maximum atomic E-state index is 11.9. The van der Waals surface area contributed by atoms with Crippen molar-refractivity contribution < 1.29 is 9.53 Å². The minimum atomic E-state index is -0.500. The summed E-state index contributed by atoms with van der Waals surface area (Å²) in [5, 5.41) is 6.30. The largest absolute Gasteiger partial charge is 0.368 e. The lowest BCUT2D eigenvalue weighted by atomic mass is 10.1. The minimum Gasteiger partial charge on any atom is -0.368 e.